The van der Waals surface area contributed by atoms with Crippen LogP contribution in [0.2, 0.25) is 0 Å². The van der Waals surface area contributed by atoms with Crippen LogP contribution >= 0.6 is 0 Å². The van der Waals surface area contributed by atoms with Crippen LogP contribution in [0.15, 0.2) is 48.5 Å². The van der Waals surface area contributed by atoms with Gasteiger partial charge in [-0.15, -0.1) is 0 Å². The van der Waals surface area contributed by atoms with Gasteiger partial charge < -0.3 is 15.2 Å². The third kappa shape index (κ3) is 2.99. The first kappa shape index (κ1) is 14.9. The number of rotatable bonds is 5. The quantitative estimate of drug-likeness (QED) is 0.883. The van der Waals surface area contributed by atoms with Crippen LogP contribution in [0.25, 0.3) is 0 Å². The molecule has 1 atom stereocenters. The maximum absolute atomic E-state index is 11.8. The van der Waals surface area contributed by atoms with Crippen LogP contribution in [0.1, 0.15) is 18.1 Å². The van der Waals surface area contributed by atoms with Gasteiger partial charge in [0.2, 0.25) is 0 Å². The number of anilines is 1. The van der Waals surface area contributed by atoms with E-state index >= 15 is 0 Å². The van der Waals surface area contributed by atoms with Crippen molar-refractivity contribution < 1.29 is 14.6 Å². The topological polar surface area (TPSA) is 58.6 Å². The summed E-state index contributed by atoms with van der Waals surface area (Å²) < 4.78 is 5.18. The molecule has 0 saturated heterocycles. The van der Waals surface area contributed by atoms with Crippen molar-refractivity contribution in [1.29, 1.82) is 0 Å². The number of carbonyl (C=O) groups is 1. The number of benzene rings is 2. The molecule has 1 unspecified atom stereocenters. The highest BCUT2D eigenvalue weighted by Crippen LogP contribution is 2.30. The number of hydrogen-bond acceptors (Lipinski definition) is 3. The summed E-state index contributed by atoms with van der Waals surface area (Å²) in [6, 6.07) is 14.7. The van der Waals surface area contributed by atoms with Gasteiger partial charge in [-0.25, -0.2) is 4.79 Å². The molecule has 0 fully saturated rings. The van der Waals surface area contributed by atoms with Crippen molar-refractivity contribution in [1.82, 2.24) is 0 Å². The first-order chi connectivity index (χ1) is 9.97. The fourth-order valence-corrected chi connectivity index (χ4v) is 2.17. The lowest BCUT2D eigenvalue weighted by atomic mass is 9.91. The molecule has 0 radical (unpaired) electrons. The zero-order chi connectivity index (χ0) is 15.5. The molecule has 4 heteroatoms. The number of carboxylic acid groups (broad SMARTS) is 1. The Morgan fingerprint density at radius 3 is 2.52 bits per heavy atom. The number of carboxylic acids is 1. The molecular weight excluding hydrogens is 266 g/mol. The Balaban J connectivity index is 2.45. The van der Waals surface area contributed by atoms with E-state index in [1.54, 1.807) is 38.3 Å². The predicted molar refractivity (Wildman–Crippen MR) is 82.8 cm³/mol. The van der Waals surface area contributed by atoms with E-state index in [0.717, 1.165) is 11.3 Å². The van der Waals surface area contributed by atoms with Gasteiger partial charge in [0.1, 0.15) is 5.75 Å². The van der Waals surface area contributed by atoms with Gasteiger partial charge in [0.05, 0.1) is 7.11 Å². The molecule has 2 aromatic rings. The fourth-order valence-electron chi connectivity index (χ4n) is 2.17. The monoisotopic (exact) mass is 285 g/mol. The summed E-state index contributed by atoms with van der Waals surface area (Å²) in [6.07, 6.45) is 0. The summed E-state index contributed by atoms with van der Waals surface area (Å²) in [7, 11) is 1.56. The molecule has 2 N–H and O–H groups in total. The van der Waals surface area contributed by atoms with Gasteiger partial charge in [0, 0.05) is 5.69 Å². The third-order valence-corrected chi connectivity index (χ3v) is 3.60. The number of ether oxygens (including phenoxy) is 1. The molecule has 0 spiro atoms. The lowest BCUT2D eigenvalue weighted by molar-refractivity contribution is -0.142. The standard InChI is InChI=1S/C17H19NO3/c1-12-7-4-5-10-15(12)18-17(2,16(19)20)13-8-6-9-14(11-13)21-3/h4-11,18H,1-3H3,(H,19,20). The molecule has 110 valence electrons. The molecular formula is C17H19NO3. The Morgan fingerprint density at radius 1 is 1.19 bits per heavy atom. The first-order valence-electron chi connectivity index (χ1n) is 6.69. The maximum atomic E-state index is 11.8. The predicted octanol–water partition coefficient (Wildman–Crippen LogP) is 3.42. The van der Waals surface area contributed by atoms with Gasteiger partial charge in [0.15, 0.2) is 5.54 Å². The van der Waals surface area contributed by atoms with E-state index in [2.05, 4.69) is 5.32 Å². The Bertz CT molecular complexity index is 654. The van der Waals surface area contributed by atoms with Gasteiger partial charge in [-0.3, -0.25) is 0 Å². The van der Waals surface area contributed by atoms with Crippen molar-refractivity contribution >= 4 is 11.7 Å². The molecule has 0 saturated carbocycles. The summed E-state index contributed by atoms with van der Waals surface area (Å²) >= 11 is 0. The molecule has 0 aromatic heterocycles. The van der Waals surface area contributed by atoms with Crippen LogP contribution in [0.5, 0.6) is 5.75 Å². The summed E-state index contributed by atoms with van der Waals surface area (Å²) in [5.74, 6) is -0.314. The molecule has 0 aliphatic heterocycles. The van der Waals surface area contributed by atoms with E-state index in [9.17, 15) is 9.90 Å². The lowest BCUT2D eigenvalue weighted by Gasteiger charge is -2.29. The average Bonchev–Trinajstić information content (AvgIpc) is 2.49. The van der Waals surface area contributed by atoms with Gasteiger partial charge in [-0.05, 0) is 43.2 Å². The van der Waals surface area contributed by atoms with Gasteiger partial charge in [-0.1, -0.05) is 30.3 Å². The minimum atomic E-state index is -1.24. The molecule has 0 heterocycles. The molecule has 21 heavy (non-hydrogen) atoms. The summed E-state index contributed by atoms with van der Waals surface area (Å²) in [5, 5.41) is 12.8. The molecule has 4 nitrogen and oxygen atoms in total. The van der Waals surface area contributed by atoms with Gasteiger partial charge in [-0.2, -0.15) is 0 Å². The number of aryl methyl sites for hydroxylation is 1. The normalized spacial score (nSPS) is 13.3. The number of para-hydroxylation sites is 1. The smallest absolute Gasteiger partial charge is 0.333 e. The van der Waals surface area contributed by atoms with E-state index in [1.165, 1.54) is 0 Å². The molecule has 0 amide bonds. The molecule has 0 bridgehead atoms. The highest BCUT2D eigenvalue weighted by molar-refractivity contribution is 5.84. The summed E-state index contributed by atoms with van der Waals surface area (Å²) in [5.41, 5.74) is 1.19. The number of hydrogen-bond donors (Lipinski definition) is 2. The fraction of sp³-hybridized carbons (Fsp3) is 0.235. The van der Waals surface area contributed by atoms with E-state index in [1.807, 2.05) is 31.2 Å². The van der Waals surface area contributed by atoms with Gasteiger partial charge in [0.25, 0.3) is 0 Å². The van der Waals surface area contributed by atoms with Crippen LogP contribution < -0.4 is 10.1 Å². The minimum Gasteiger partial charge on any atom is -0.497 e. The van der Waals surface area contributed by atoms with Crippen molar-refractivity contribution in [3.05, 3.63) is 59.7 Å². The average molecular weight is 285 g/mol. The van der Waals surface area contributed by atoms with Crippen LogP contribution in [-0.4, -0.2) is 18.2 Å². The van der Waals surface area contributed by atoms with Crippen molar-refractivity contribution in [3.63, 3.8) is 0 Å². The first-order valence-corrected chi connectivity index (χ1v) is 6.69. The van der Waals surface area contributed by atoms with E-state index in [4.69, 9.17) is 4.74 Å². The van der Waals surface area contributed by atoms with E-state index < -0.39 is 11.5 Å². The lowest BCUT2D eigenvalue weighted by Crippen LogP contribution is -2.40. The number of nitrogens with one attached hydrogen (secondary N) is 1. The summed E-state index contributed by atoms with van der Waals surface area (Å²) in [4.78, 5) is 11.8. The maximum Gasteiger partial charge on any atom is 0.333 e. The largest absolute Gasteiger partial charge is 0.497 e. The summed E-state index contributed by atoms with van der Waals surface area (Å²) in [6.45, 7) is 3.59. The SMILES string of the molecule is COc1cccc(C(C)(Nc2ccccc2C)C(=O)O)c1. The Hall–Kier alpha value is -2.49. The molecule has 0 aliphatic carbocycles. The second kappa shape index (κ2) is 5.87. The van der Waals surface area contributed by atoms with Crippen molar-refractivity contribution in [2.75, 3.05) is 12.4 Å². The zero-order valence-electron chi connectivity index (χ0n) is 12.4. The zero-order valence-corrected chi connectivity index (χ0v) is 12.4. The molecule has 0 aliphatic rings. The van der Waals surface area contributed by atoms with Crippen molar-refractivity contribution in [3.8, 4) is 5.75 Å². The number of aliphatic carboxylic acids is 1. The van der Waals surface area contributed by atoms with E-state index in [-0.39, 0.29) is 0 Å². The second-order valence-electron chi connectivity index (χ2n) is 5.10. The van der Waals surface area contributed by atoms with Crippen LogP contribution in [-0.2, 0) is 10.3 Å². The Kier molecular flexibility index (Phi) is 4.17. The number of methoxy groups -OCH3 is 1. The highest BCUT2D eigenvalue weighted by atomic mass is 16.5. The van der Waals surface area contributed by atoms with Crippen LogP contribution in [0.4, 0.5) is 5.69 Å². The highest BCUT2D eigenvalue weighted by Gasteiger charge is 2.35. The Labute approximate surface area is 124 Å². The Morgan fingerprint density at radius 2 is 1.90 bits per heavy atom. The van der Waals surface area contributed by atoms with Crippen LogP contribution in [0.3, 0.4) is 0 Å². The second-order valence-corrected chi connectivity index (χ2v) is 5.10. The molecule has 2 rings (SSSR count). The minimum absolute atomic E-state index is 0.631. The van der Waals surface area contributed by atoms with Crippen LogP contribution in [0, 0.1) is 6.92 Å². The third-order valence-electron chi connectivity index (χ3n) is 3.60. The van der Waals surface area contributed by atoms with Crippen molar-refractivity contribution in [2.45, 2.75) is 19.4 Å². The van der Waals surface area contributed by atoms with Crippen molar-refractivity contribution in [2.24, 2.45) is 0 Å². The van der Waals surface area contributed by atoms with Gasteiger partial charge >= 0.3 is 5.97 Å². The molecule has 2 aromatic carbocycles. The van der Waals surface area contributed by atoms with E-state index in [0.29, 0.717) is 11.3 Å².